The Morgan fingerprint density at radius 2 is 1.70 bits per heavy atom. The van der Waals surface area contributed by atoms with Crippen molar-refractivity contribution in [1.29, 1.82) is 0 Å². The average Bonchev–Trinajstić information content (AvgIpc) is 3.53. The third kappa shape index (κ3) is 6.81. The van der Waals surface area contributed by atoms with Gasteiger partial charge in [-0.1, -0.05) is 37.8 Å². The van der Waals surface area contributed by atoms with Crippen molar-refractivity contribution in [1.82, 2.24) is 26.2 Å². The average molecular weight is 651 g/mol. The molecule has 0 aromatic carbocycles. The Morgan fingerprint density at radius 1 is 0.955 bits per heavy atom. The second-order valence-electron chi connectivity index (χ2n) is 13.3. The van der Waals surface area contributed by atoms with Crippen molar-refractivity contribution < 1.29 is 24.0 Å². The highest BCUT2D eigenvalue weighted by molar-refractivity contribution is 6.51. The molecule has 4 saturated carbocycles. The second-order valence-corrected chi connectivity index (χ2v) is 14.8. The predicted molar refractivity (Wildman–Crippen MR) is 168 cm³/mol. The zero-order chi connectivity index (χ0) is 31.6. The number of nitrogens with one attached hydrogen (secondary N) is 4. The molecule has 2 bridgehead atoms. The van der Waals surface area contributed by atoms with E-state index in [9.17, 15) is 24.0 Å². The quantitative estimate of drug-likeness (QED) is 0.138. The first-order chi connectivity index (χ1) is 21.1. The first kappa shape index (κ1) is 32.8. The van der Waals surface area contributed by atoms with Crippen LogP contribution in [0.25, 0.3) is 0 Å². The van der Waals surface area contributed by atoms with Gasteiger partial charge in [-0.15, -0.1) is 36.4 Å². The topological polar surface area (TPSA) is 137 Å². The lowest BCUT2D eigenvalue weighted by atomic mass is 9.83. The summed E-state index contributed by atoms with van der Waals surface area (Å²) >= 11 is 13.1. The minimum atomic E-state index is -1.19. The maximum Gasteiger partial charge on any atom is 0.315 e. The lowest BCUT2D eigenvalue weighted by Crippen LogP contribution is -2.61. The number of urea groups is 1. The number of ketones is 1. The van der Waals surface area contributed by atoms with E-state index in [0.717, 1.165) is 51.4 Å². The summed E-state index contributed by atoms with van der Waals surface area (Å²) in [4.78, 5) is 68.4. The van der Waals surface area contributed by atoms with Crippen molar-refractivity contribution in [3.05, 3.63) is 25.3 Å². The Bertz CT molecular complexity index is 1170. The Hall–Kier alpha value is -2.59. The molecule has 5 amide bonds. The van der Waals surface area contributed by atoms with Crippen molar-refractivity contribution in [3.8, 4) is 0 Å². The number of allylic oxidation sites excluding steroid dienone is 1. The molecule has 4 unspecified atom stereocenters. The molecule has 0 aromatic rings. The third-order valence-corrected chi connectivity index (χ3v) is 11.6. The summed E-state index contributed by atoms with van der Waals surface area (Å²) in [7, 11) is 0. The molecular formula is C32H45Cl2N5O5. The highest BCUT2D eigenvalue weighted by atomic mass is 35.5. The van der Waals surface area contributed by atoms with Crippen LogP contribution < -0.4 is 21.3 Å². The highest BCUT2D eigenvalue weighted by Gasteiger charge is 2.74. The summed E-state index contributed by atoms with van der Waals surface area (Å²) in [5.41, 5.74) is 0. The largest absolute Gasteiger partial charge is 0.346 e. The molecule has 5 fully saturated rings. The van der Waals surface area contributed by atoms with E-state index in [1.807, 2.05) is 0 Å². The van der Waals surface area contributed by atoms with Crippen LogP contribution in [-0.4, -0.2) is 76.0 Å². The monoisotopic (exact) mass is 649 g/mol. The van der Waals surface area contributed by atoms with E-state index >= 15 is 0 Å². The van der Waals surface area contributed by atoms with E-state index in [1.54, 1.807) is 6.08 Å². The summed E-state index contributed by atoms with van der Waals surface area (Å²) in [5, 5.41) is 11.3. The molecule has 10 nitrogen and oxygen atoms in total. The number of hydrogen-bond acceptors (Lipinski definition) is 5. The number of fused-ring (bicyclic) bond motifs is 3. The van der Waals surface area contributed by atoms with Crippen LogP contribution in [0.3, 0.4) is 0 Å². The maximum absolute atomic E-state index is 14.3. The van der Waals surface area contributed by atoms with Crippen LogP contribution in [0.5, 0.6) is 0 Å². The zero-order valence-corrected chi connectivity index (χ0v) is 26.7. The van der Waals surface area contributed by atoms with Gasteiger partial charge in [-0.2, -0.15) is 0 Å². The minimum absolute atomic E-state index is 0.0603. The molecule has 5 aliphatic rings. The van der Waals surface area contributed by atoms with Gasteiger partial charge in [0.1, 0.15) is 16.4 Å². The lowest BCUT2D eigenvalue weighted by molar-refractivity contribution is -0.144. The van der Waals surface area contributed by atoms with Crippen molar-refractivity contribution in [2.75, 3.05) is 13.1 Å². The number of carbonyl (C=O) groups is 5. The molecular weight excluding hydrogens is 605 g/mol. The maximum atomic E-state index is 14.3. The molecule has 1 aliphatic heterocycles. The van der Waals surface area contributed by atoms with Crippen LogP contribution >= 0.6 is 23.2 Å². The van der Waals surface area contributed by atoms with E-state index in [-0.39, 0.29) is 49.3 Å². The van der Waals surface area contributed by atoms with Crippen LogP contribution in [0, 0.1) is 29.6 Å². The SMILES string of the molecule is C=CCCC(NC(=O)[C@@H]1[C@@H]2[C@H](CN1C(=O)[C@@H](NC(=O)NC1CC3CCC1C3)C1CCCCC1)C2(Cl)Cl)C(=O)C(=O)NCC=C. The molecule has 1 saturated heterocycles. The van der Waals surface area contributed by atoms with Gasteiger partial charge in [-0.25, -0.2) is 4.79 Å². The number of amides is 5. The molecule has 1 heterocycles. The van der Waals surface area contributed by atoms with E-state index in [0.29, 0.717) is 18.3 Å². The number of hydrogen-bond donors (Lipinski definition) is 4. The Labute approximate surface area is 269 Å². The van der Waals surface area contributed by atoms with Gasteiger partial charge in [-0.05, 0) is 62.7 Å². The molecule has 44 heavy (non-hydrogen) atoms. The summed E-state index contributed by atoms with van der Waals surface area (Å²) in [6.07, 6.45) is 12.7. The Balaban J connectivity index is 1.32. The molecule has 4 N–H and O–H groups in total. The number of Topliss-reactive ketones (excluding diaryl/α,β-unsaturated/α-hetero) is 1. The fraction of sp³-hybridized carbons (Fsp3) is 0.719. The van der Waals surface area contributed by atoms with Crippen LogP contribution in [0.4, 0.5) is 4.79 Å². The van der Waals surface area contributed by atoms with E-state index < -0.39 is 46.0 Å². The van der Waals surface area contributed by atoms with Crippen molar-refractivity contribution in [3.63, 3.8) is 0 Å². The predicted octanol–water partition coefficient (Wildman–Crippen LogP) is 3.38. The first-order valence-corrected chi connectivity index (χ1v) is 16.9. The van der Waals surface area contributed by atoms with Crippen LogP contribution in [0.2, 0.25) is 0 Å². The lowest BCUT2D eigenvalue weighted by Gasteiger charge is -2.37. The number of halogens is 2. The van der Waals surface area contributed by atoms with Gasteiger partial charge in [0.05, 0.1) is 6.04 Å². The smallest absolute Gasteiger partial charge is 0.315 e. The normalized spacial score (nSPS) is 31.3. The summed E-state index contributed by atoms with van der Waals surface area (Å²) in [6, 6.07) is -3.19. The van der Waals surface area contributed by atoms with Gasteiger partial charge in [0.15, 0.2) is 0 Å². The summed E-state index contributed by atoms with van der Waals surface area (Å²) < 4.78 is -1.19. The van der Waals surface area contributed by atoms with E-state index in [1.165, 1.54) is 17.4 Å². The summed E-state index contributed by atoms with van der Waals surface area (Å²) in [6.45, 7) is 7.49. The van der Waals surface area contributed by atoms with E-state index in [2.05, 4.69) is 34.4 Å². The first-order valence-electron chi connectivity index (χ1n) is 16.2. The van der Waals surface area contributed by atoms with Gasteiger partial charge < -0.3 is 26.2 Å². The number of piperidine rings is 1. The number of alkyl halides is 2. The molecule has 0 spiro atoms. The number of carbonyl (C=O) groups excluding carboxylic acids is 5. The van der Waals surface area contributed by atoms with Gasteiger partial charge >= 0.3 is 6.03 Å². The van der Waals surface area contributed by atoms with Gasteiger partial charge in [0.2, 0.25) is 17.6 Å². The standard InChI is InChI=1S/C32H45Cl2N5O5/c1-3-5-11-22(27(40)29(42)35-14-4-2)36-28(41)26-24-21(32(24,33)34)17-39(26)30(43)25(19-9-7-6-8-10-19)38-31(44)37-23-16-18-12-13-20(23)15-18/h3-4,18-26H,1-2,5-17H2,(H,35,42)(H,36,41)(H2,37,38,44)/t18?,20?,21-,22?,23?,24-,25-,26-/m0/s1. The van der Waals surface area contributed by atoms with Crippen LogP contribution in [0.1, 0.15) is 70.6 Å². The molecule has 242 valence electrons. The number of likely N-dealkylation sites (tertiary alicyclic amines) is 1. The zero-order valence-electron chi connectivity index (χ0n) is 25.2. The van der Waals surface area contributed by atoms with Crippen molar-refractivity contribution in [2.45, 2.75) is 99.1 Å². The van der Waals surface area contributed by atoms with Crippen molar-refractivity contribution >= 4 is 52.7 Å². The fourth-order valence-electron chi connectivity index (χ4n) is 8.15. The fourth-order valence-corrected chi connectivity index (χ4v) is 8.98. The highest BCUT2D eigenvalue weighted by Crippen LogP contribution is 2.65. The molecule has 12 heteroatoms. The third-order valence-electron chi connectivity index (χ3n) is 10.5. The second kappa shape index (κ2) is 13.8. The molecule has 0 aromatic heterocycles. The molecule has 0 radical (unpaired) electrons. The molecule has 4 aliphatic carbocycles. The summed E-state index contributed by atoms with van der Waals surface area (Å²) in [5.74, 6) is -2.33. The van der Waals surface area contributed by atoms with Gasteiger partial charge in [0, 0.05) is 31.0 Å². The van der Waals surface area contributed by atoms with E-state index in [4.69, 9.17) is 23.2 Å². The molecule has 5 rings (SSSR count). The van der Waals surface area contributed by atoms with Crippen molar-refractivity contribution in [2.24, 2.45) is 29.6 Å². The van der Waals surface area contributed by atoms with Gasteiger partial charge in [0.25, 0.3) is 5.91 Å². The van der Waals surface area contributed by atoms with Crippen LogP contribution in [-0.2, 0) is 19.2 Å². The van der Waals surface area contributed by atoms with Gasteiger partial charge in [-0.3, -0.25) is 19.2 Å². The Morgan fingerprint density at radius 3 is 2.34 bits per heavy atom. The number of rotatable bonds is 13. The molecule has 8 atom stereocenters. The number of nitrogens with zero attached hydrogens (tertiary/aromatic N) is 1. The minimum Gasteiger partial charge on any atom is -0.346 e. The Kier molecular flexibility index (Phi) is 10.3. The van der Waals surface area contributed by atoms with Crippen LogP contribution in [0.15, 0.2) is 25.3 Å².